The summed E-state index contributed by atoms with van der Waals surface area (Å²) in [5.41, 5.74) is -0.0602. The van der Waals surface area contributed by atoms with Gasteiger partial charge < -0.3 is 10.2 Å². The number of carbonyl (C=O) groups is 2. The Morgan fingerprint density at radius 2 is 1.95 bits per heavy atom. The normalized spacial score (nSPS) is 10.0. The van der Waals surface area contributed by atoms with Crippen molar-refractivity contribution < 1.29 is 14.5 Å². The second-order valence-electron chi connectivity index (χ2n) is 4.17. The molecule has 21 heavy (non-hydrogen) atoms. The highest BCUT2D eigenvalue weighted by Crippen LogP contribution is 2.25. The van der Waals surface area contributed by atoms with Gasteiger partial charge in [0.1, 0.15) is 0 Å². The zero-order valence-electron chi connectivity index (χ0n) is 11.8. The highest BCUT2D eigenvalue weighted by molar-refractivity contribution is 9.10. The van der Waals surface area contributed by atoms with Crippen LogP contribution in [0.5, 0.6) is 0 Å². The van der Waals surface area contributed by atoms with Gasteiger partial charge in [0.25, 0.3) is 11.6 Å². The number of nitrogens with one attached hydrogen (secondary N) is 1. The number of hydrogen-bond acceptors (Lipinski definition) is 4. The van der Waals surface area contributed by atoms with Crippen LogP contribution in [0.1, 0.15) is 24.2 Å². The molecule has 1 rings (SSSR count). The summed E-state index contributed by atoms with van der Waals surface area (Å²) in [6, 6.07) is 4.05. The number of likely N-dealkylation sites (N-methyl/N-ethyl adjacent to an activating group) is 1. The van der Waals surface area contributed by atoms with Crippen molar-refractivity contribution in [2.45, 2.75) is 13.8 Å². The minimum absolute atomic E-state index is 0.135. The zero-order valence-corrected chi connectivity index (χ0v) is 13.3. The van der Waals surface area contributed by atoms with Gasteiger partial charge in [0.05, 0.1) is 15.9 Å². The molecule has 0 bridgehead atoms. The summed E-state index contributed by atoms with van der Waals surface area (Å²) < 4.78 is 0.295. The molecule has 0 unspecified atom stereocenters. The number of amides is 2. The Labute approximate surface area is 130 Å². The molecule has 7 nitrogen and oxygen atoms in total. The molecule has 0 aliphatic heterocycles. The molecule has 0 aliphatic carbocycles. The van der Waals surface area contributed by atoms with E-state index in [4.69, 9.17) is 0 Å². The average Bonchev–Trinajstić information content (AvgIpc) is 2.46. The lowest BCUT2D eigenvalue weighted by molar-refractivity contribution is -0.385. The minimum Gasteiger partial charge on any atom is -0.343 e. The molecule has 0 atom stereocenters. The first-order valence-corrected chi connectivity index (χ1v) is 7.19. The lowest BCUT2D eigenvalue weighted by Crippen LogP contribution is -2.40. The lowest BCUT2D eigenvalue weighted by Gasteiger charge is -2.18. The fourth-order valence-electron chi connectivity index (χ4n) is 1.74. The third-order valence-electron chi connectivity index (χ3n) is 2.92. The van der Waals surface area contributed by atoms with E-state index in [9.17, 15) is 19.7 Å². The maximum Gasteiger partial charge on any atom is 0.284 e. The molecule has 1 aromatic rings. The van der Waals surface area contributed by atoms with Crippen LogP contribution in [0.25, 0.3) is 0 Å². The van der Waals surface area contributed by atoms with Crippen LogP contribution in [0.4, 0.5) is 5.69 Å². The van der Waals surface area contributed by atoms with Crippen molar-refractivity contribution in [3.8, 4) is 0 Å². The van der Waals surface area contributed by atoms with Crippen LogP contribution in [0.15, 0.2) is 22.7 Å². The van der Waals surface area contributed by atoms with E-state index in [1.807, 2.05) is 13.8 Å². The van der Waals surface area contributed by atoms with Crippen molar-refractivity contribution in [2.24, 2.45) is 0 Å². The highest BCUT2D eigenvalue weighted by Gasteiger charge is 2.17. The second kappa shape index (κ2) is 7.72. The van der Waals surface area contributed by atoms with Gasteiger partial charge in [-0.3, -0.25) is 19.7 Å². The summed E-state index contributed by atoms with van der Waals surface area (Å²) >= 11 is 3.05. The Morgan fingerprint density at radius 1 is 1.33 bits per heavy atom. The third kappa shape index (κ3) is 4.52. The van der Waals surface area contributed by atoms with Crippen molar-refractivity contribution >= 4 is 33.4 Å². The standard InChI is InChI=1S/C13H16BrN3O4/c1-3-16(4-2)12(18)8-15-13(19)9-5-6-10(14)11(7-9)17(20)21/h5-7H,3-4,8H2,1-2H3,(H,15,19). The van der Waals surface area contributed by atoms with E-state index in [0.29, 0.717) is 17.6 Å². The average molecular weight is 358 g/mol. The number of nitrogens with zero attached hydrogens (tertiary/aromatic N) is 2. The fraction of sp³-hybridized carbons (Fsp3) is 0.385. The van der Waals surface area contributed by atoms with E-state index in [0.717, 1.165) is 0 Å². The molecule has 0 aromatic heterocycles. The van der Waals surface area contributed by atoms with Crippen LogP contribution in [0.2, 0.25) is 0 Å². The van der Waals surface area contributed by atoms with E-state index in [1.54, 1.807) is 4.90 Å². The Morgan fingerprint density at radius 3 is 2.48 bits per heavy atom. The molecular weight excluding hydrogens is 342 g/mol. The smallest absolute Gasteiger partial charge is 0.284 e. The van der Waals surface area contributed by atoms with E-state index < -0.39 is 10.8 Å². The van der Waals surface area contributed by atoms with Crippen molar-refractivity contribution in [1.29, 1.82) is 0 Å². The van der Waals surface area contributed by atoms with Crippen molar-refractivity contribution in [1.82, 2.24) is 10.2 Å². The van der Waals surface area contributed by atoms with Gasteiger partial charge in [-0.05, 0) is 41.9 Å². The first-order valence-electron chi connectivity index (χ1n) is 6.40. The van der Waals surface area contributed by atoms with Crippen LogP contribution in [-0.2, 0) is 4.79 Å². The van der Waals surface area contributed by atoms with Crippen LogP contribution in [0, 0.1) is 10.1 Å². The fourth-order valence-corrected chi connectivity index (χ4v) is 2.13. The number of benzene rings is 1. The Bertz CT molecular complexity index is 558. The van der Waals surface area contributed by atoms with Crippen molar-refractivity contribution in [3.05, 3.63) is 38.3 Å². The Balaban J connectivity index is 2.75. The van der Waals surface area contributed by atoms with Gasteiger partial charge in [-0.1, -0.05) is 0 Å². The molecular formula is C13H16BrN3O4. The van der Waals surface area contributed by atoms with E-state index in [-0.39, 0.29) is 23.7 Å². The van der Waals surface area contributed by atoms with Gasteiger partial charge >= 0.3 is 0 Å². The summed E-state index contributed by atoms with van der Waals surface area (Å²) in [4.78, 5) is 35.5. The maximum absolute atomic E-state index is 11.9. The number of nitro groups is 1. The van der Waals surface area contributed by atoms with Crippen molar-refractivity contribution in [3.63, 3.8) is 0 Å². The number of hydrogen-bond donors (Lipinski definition) is 1. The summed E-state index contributed by atoms with van der Waals surface area (Å²) in [5, 5.41) is 13.3. The first-order chi connectivity index (χ1) is 9.90. The molecule has 0 saturated carbocycles. The van der Waals surface area contributed by atoms with Crippen LogP contribution in [-0.4, -0.2) is 41.3 Å². The van der Waals surface area contributed by atoms with E-state index in [2.05, 4.69) is 21.2 Å². The summed E-state index contributed by atoms with van der Waals surface area (Å²) in [5.74, 6) is -0.717. The number of nitro benzene ring substituents is 1. The topological polar surface area (TPSA) is 92.6 Å². The predicted molar refractivity (Wildman–Crippen MR) is 81.1 cm³/mol. The molecule has 0 spiro atoms. The van der Waals surface area contributed by atoms with E-state index in [1.165, 1.54) is 18.2 Å². The summed E-state index contributed by atoms with van der Waals surface area (Å²) in [6.45, 7) is 4.69. The lowest BCUT2D eigenvalue weighted by atomic mass is 10.2. The summed E-state index contributed by atoms with van der Waals surface area (Å²) in [7, 11) is 0. The molecule has 1 aromatic carbocycles. The molecule has 0 aliphatic rings. The van der Waals surface area contributed by atoms with Gasteiger partial charge in [0, 0.05) is 24.7 Å². The molecule has 0 heterocycles. The largest absolute Gasteiger partial charge is 0.343 e. The van der Waals surface area contributed by atoms with Gasteiger partial charge in [-0.2, -0.15) is 0 Å². The Kier molecular flexibility index (Phi) is 6.29. The zero-order chi connectivity index (χ0) is 16.0. The summed E-state index contributed by atoms with van der Waals surface area (Å²) in [6.07, 6.45) is 0. The molecule has 0 fully saturated rings. The molecule has 0 saturated heterocycles. The molecule has 1 N–H and O–H groups in total. The number of halogens is 1. The predicted octanol–water partition coefficient (Wildman–Crippen LogP) is 1.96. The SMILES string of the molecule is CCN(CC)C(=O)CNC(=O)c1ccc(Br)c([N+](=O)[O-])c1. The second-order valence-corrected chi connectivity index (χ2v) is 5.03. The molecule has 114 valence electrons. The molecule has 0 radical (unpaired) electrons. The van der Waals surface area contributed by atoms with Crippen LogP contribution < -0.4 is 5.32 Å². The van der Waals surface area contributed by atoms with Gasteiger partial charge in [0.15, 0.2) is 0 Å². The highest BCUT2D eigenvalue weighted by atomic mass is 79.9. The molecule has 8 heteroatoms. The van der Waals surface area contributed by atoms with Gasteiger partial charge in [-0.15, -0.1) is 0 Å². The van der Waals surface area contributed by atoms with Crippen LogP contribution in [0.3, 0.4) is 0 Å². The minimum atomic E-state index is -0.581. The van der Waals surface area contributed by atoms with Gasteiger partial charge in [-0.25, -0.2) is 0 Å². The van der Waals surface area contributed by atoms with Gasteiger partial charge in [0.2, 0.25) is 5.91 Å². The first kappa shape index (κ1) is 17.1. The monoisotopic (exact) mass is 357 g/mol. The number of carbonyl (C=O) groups excluding carboxylic acids is 2. The Hall–Kier alpha value is -1.96. The maximum atomic E-state index is 11.9. The van der Waals surface area contributed by atoms with E-state index >= 15 is 0 Å². The van der Waals surface area contributed by atoms with Crippen molar-refractivity contribution in [2.75, 3.05) is 19.6 Å². The third-order valence-corrected chi connectivity index (χ3v) is 3.59. The number of rotatable bonds is 6. The van der Waals surface area contributed by atoms with Crippen LogP contribution >= 0.6 is 15.9 Å². The molecule has 2 amide bonds. The quantitative estimate of drug-likeness (QED) is 0.621.